The zero-order valence-electron chi connectivity index (χ0n) is 20.8. The molecule has 192 valence electrons. The number of nitrogens with zero attached hydrogens (tertiary/aromatic N) is 3. The minimum absolute atomic E-state index is 0.0824. The predicted octanol–water partition coefficient (Wildman–Crippen LogP) is 1.92. The number of fused-ring (bicyclic) bond motifs is 1. The molecule has 0 aliphatic heterocycles. The monoisotopic (exact) mass is 512 g/mol. The van der Waals surface area contributed by atoms with Gasteiger partial charge in [0.05, 0.1) is 15.8 Å². The lowest BCUT2D eigenvalue weighted by molar-refractivity contribution is -0.134. The van der Waals surface area contributed by atoms with Crippen LogP contribution in [0.1, 0.15) is 37.7 Å². The quantitative estimate of drug-likeness (QED) is 0.520. The molecular weight excluding hydrogens is 480 g/mol. The third kappa shape index (κ3) is 5.15. The van der Waals surface area contributed by atoms with E-state index in [0.717, 1.165) is 42.2 Å². The number of sulfonamides is 1. The molecule has 3 aromatic rings. The molecule has 0 radical (unpaired) electrons. The minimum Gasteiger partial charge on any atom is -0.341 e. The number of hydrogen-bond donors (Lipinski definition) is 1. The van der Waals surface area contributed by atoms with Gasteiger partial charge in [-0.2, -0.15) is 4.72 Å². The zero-order chi connectivity index (χ0) is 26.0. The number of hydrogen-bond acceptors (Lipinski definition) is 5. The third-order valence-electron chi connectivity index (χ3n) is 7.10. The number of carbonyl (C=O) groups is 1. The van der Waals surface area contributed by atoms with E-state index in [1.54, 1.807) is 11.9 Å². The molecule has 1 aromatic heterocycles. The van der Waals surface area contributed by atoms with E-state index in [1.165, 1.54) is 36.9 Å². The van der Waals surface area contributed by atoms with Gasteiger partial charge in [-0.1, -0.05) is 49.6 Å². The highest BCUT2D eigenvalue weighted by atomic mass is 32.2. The zero-order valence-corrected chi connectivity index (χ0v) is 21.6. The number of benzene rings is 2. The van der Waals surface area contributed by atoms with Gasteiger partial charge in [-0.05, 0) is 43.0 Å². The van der Waals surface area contributed by atoms with Crippen LogP contribution in [0.4, 0.5) is 0 Å². The van der Waals surface area contributed by atoms with E-state index in [2.05, 4.69) is 4.72 Å². The summed E-state index contributed by atoms with van der Waals surface area (Å²) in [6, 6.07) is 12.4. The molecule has 1 N–H and O–H groups in total. The van der Waals surface area contributed by atoms with Crippen molar-refractivity contribution in [3.05, 3.63) is 74.9 Å². The summed E-state index contributed by atoms with van der Waals surface area (Å²) in [7, 11) is 0.441. The number of likely N-dealkylation sites (N-methyl/N-ethyl adjacent to an activating group) is 1. The highest BCUT2D eigenvalue weighted by Gasteiger charge is 2.32. The van der Waals surface area contributed by atoms with Crippen LogP contribution in [0.25, 0.3) is 10.9 Å². The Hall–Kier alpha value is -3.24. The Balaban J connectivity index is 1.69. The van der Waals surface area contributed by atoms with Crippen molar-refractivity contribution in [3.63, 3.8) is 0 Å². The van der Waals surface area contributed by atoms with Crippen molar-refractivity contribution < 1.29 is 13.2 Å². The van der Waals surface area contributed by atoms with E-state index >= 15 is 0 Å². The molecule has 1 atom stereocenters. The maximum atomic E-state index is 13.6. The number of rotatable bonds is 7. The summed E-state index contributed by atoms with van der Waals surface area (Å²) in [5.41, 5.74) is 0.0774. The van der Waals surface area contributed by atoms with E-state index in [1.807, 2.05) is 30.3 Å². The van der Waals surface area contributed by atoms with Crippen molar-refractivity contribution in [2.24, 2.45) is 14.1 Å². The molecule has 1 aliphatic carbocycles. The lowest BCUT2D eigenvalue weighted by atomic mass is 9.94. The smallest absolute Gasteiger partial charge is 0.330 e. The standard InChI is InChI=1S/C26H32N4O5S/c1-28(19-12-8-5-9-13-19)25(32)22(16-18-10-6-4-7-11-18)27-36(34,35)20-14-15-23-21(17-20)24(31)30(3)26(33)29(23)2/h4,6-7,10-11,14-15,17,19,22,27H,5,8-9,12-13,16H2,1-3H3. The fourth-order valence-electron chi connectivity index (χ4n) is 4.92. The average molecular weight is 513 g/mol. The molecule has 1 heterocycles. The Morgan fingerprint density at radius 3 is 2.36 bits per heavy atom. The normalized spacial score (nSPS) is 15.6. The van der Waals surface area contributed by atoms with Crippen LogP contribution < -0.4 is 16.0 Å². The molecule has 2 aromatic carbocycles. The molecule has 36 heavy (non-hydrogen) atoms. The van der Waals surface area contributed by atoms with Crippen molar-refractivity contribution >= 4 is 26.8 Å². The maximum absolute atomic E-state index is 13.6. The summed E-state index contributed by atoms with van der Waals surface area (Å²) in [4.78, 5) is 40.0. The van der Waals surface area contributed by atoms with Crippen molar-refractivity contribution in [2.45, 2.75) is 55.5 Å². The fourth-order valence-corrected chi connectivity index (χ4v) is 6.14. The Morgan fingerprint density at radius 1 is 1.03 bits per heavy atom. The van der Waals surface area contributed by atoms with Crippen molar-refractivity contribution in [2.75, 3.05) is 7.05 Å². The van der Waals surface area contributed by atoms with Crippen LogP contribution in [-0.4, -0.2) is 47.5 Å². The molecule has 1 saturated carbocycles. The van der Waals surface area contributed by atoms with Crippen LogP contribution in [0.15, 0.2) is 63.0 Å². The molecular formula is C26H32N4O5S. The molecule has 0 saturated heterocycles. The number of carbonyl (C=O) groups excluding carboxylic acids is 1. The molecule has 1 fully saturated rings. The van der Waals surface area contributed by atoms with Gasteiger partial charge in [-0.15, -0.1) is 0 Å². The van der Waals surface area contributed by atoms with Gasteiger partial charge in [0.1, 0.15) is 6.04 Å². The highest BCUT2D eigenvalue weighted by molar-refractivity contribution is 7.89. The van der Waals surface area contributed by atoms with Crippen molar-refractivity contribution in [1.29, 1.82) is 0 Å². The van der Waals surface area contributed by atoms with Crippen molar-refractivity contribution in [3.8, 4) is 0 Å². The van der Waals surface area contributed by atoms with Crippen LogP contribution in [0.5, 0.6) is 0 Å². The molecule has 4 rings (SSSR count). The lowest BCUT2D eigenvalue weighted by Crippen LogP contribution is -2.51. The lowest BCUT2D eigenvalue weighted by Gasteiger charge is -2.34. The molecule has 10 heteroatoms. The molecule has 1 amide bonds. The number of aromatic nitrogens is 2. The van der Waals surface area contributed by atoms with Gasteiger partial charge >= 0.3 is 5.69 Å². The Bertz CT molecular complexity index is 1490. The topological polar surface area (TPSA) is 110 Å². The summed E-state index contributed by atoms with van der Waals surface area (Å²) in [6.07, 6.45) is 5.24. The molecule has 1 unspecified atom stereocenters. The average Bonchev–Trinajstić information content (AvgIpc) is 2.90. The first-order chi connectivity index (χ1) is 17.1. The van der Waals surface area contributed by atoms with Crippen LogP contribution in [0.3, 0.4) is 0 Å². The second-order valence-corrected chi connectivity index (χ2v) is 11.2. The second-order valence-electron chi connectivity index (χ2n) is 9.49. The third-order valence-corrected chi connectivity index (χ3v) is 8.57. The van der Waals surface area contributed by atoms with Gasteiger partial charge in [0.15, 0.2) is 0 Å². The van der Waals surface area contributed by atoms with E-state index < -0.39 is 27.3 Å². The first kappa shape index (κ1) is 25.8. The first-order valence-corrected chi connectivity index (χ1v) is 13.6. The SMILES string of the molecule is CN(C(=O)C(Cc1ccccc1)NS(=O)(=O)c1ccc2c(c1)c(=O)n(C)c(=O)n2C)C1CCCCC1. The minimum atomic E-state index is -4.17. The van der Waals surface area contributed by atoms with Gasteiger partial charge in [0, 0.05) is 27.2 Å². The summed E-state index contributed by atoms with van der Waals surface area (Å²) in [6.45, 7) is 0. The summed E-state index contributed by atoms with van der Waals surface area (Å²) in [5, 5.41) is 0.104. The first-order valence-electron chi connectivity index (χ1n) is 12.1. The summed E-state index contributed by atoms with van der Waals surface area (Å²) in [5.74, 6) is -0.284. The van der Waals surface area contributed by atoms with Gasteiger partial charge < -0.3 is 4.90 Å². The van der Waals surface area contributed by atoms with Crippen molar-refractivity contribution in [1.82, 2.24) is 18.8 Å². The van der Waals surface area contributed by atoms with Crippen LogP contribution in [0.2, 0.25) is 0 Å². The number of amides is 1. The second kappa shape index (κ2) is 10.4. The maximum Gasteiger partial charge on any atom is 0.330 e. The van der Waals surface area contributed by atoms with Crippen LogP contribution in [0, 0.1) is 0 Å². The van der Waals surface area contributed by atoms with Crippen LogP contribution >= 0.6 is 0 Å². The Morgan fingerprint density at radius 2 is 1.69 bits per heavy atom. The Kier molecular flexibility index (Phi) is 7.46. The summed E-state index contributed by atoms with van der Waals surface area (Å²) < 4.78 is 31.8. The fraction of sp³-hybridized carbons (Fsp3) is 0.423. The predicted molar refractivity (Wildman–Crippen MR) is 138 cm³/mol. The van der Waals surface area contributed by atoms with E-state index in [4.69, 9.17) is 0 Å². The van der Waals surface area contributed by atoms with E-state index in [0.29, 0.717) is 5.52 Å². The number of aryl methyl sites for hydroxylation is 1. The van der Waals surface area contributed by atoms with Crippen LogP contribution in [-0.2, 0) is 35.3 Å². The van der Waals surface area contributed by atoms with E-state index in [-0.39, 0.29) is 28.7 Å². The van der Waals surface area contributed by atoms with Gasteiger partial charge in [-0.3, -0.25) is 18.7 Å². The molecule has 0 spiro atoms. The van der Waals surface area contributed by atoms with Gasteiger partial charge in [0.25, 0.3) is 5.56 Å². The van der Waals surface area contributed by atoms with E-state index in [9.17, 15) is 22.8 Å². The highest BCUT2D eigenvalue weighted by Crippen LogP contribution is 2.23. The van der Waals surface area contributed by atoms with Gasteiger partial charge in [0.2, 0.25) is 15.9 Å². The number of nitrogens with one attached hydrogen (secondary N) is 1. The molecule has 0 bridgehead atoms. The van der Waals surface area contributed by atoms with Gasteiger partial charge in [-0.25, -0.2) is 13.2 Å². The summed E-state index contributed by atoms with van der Waals surface area (Å²) >= 11 is 0. The largest absolute Gasteiger partial charge is 0.341 e. The Labute approximate surface area is 210 Å². The molecule has 1 aliphatic rings. The molecule has 9 nitrogen and oxygen atoms in total.